The summed E-state index contributed by atoms with van der Waals surface area (Å²) in [7, 11) is 0. The van der Waals surface area contributed by atoms with Gasteiger partial charge in [0.15, 0.2) is 23.1 Å². The molecule has 1 heterocycles. The van der Waals surface area contributed by atoms with Crippen LogP contribution in [0.1, 0.15) is 30.1 Å². The smallest absolute Gasteiger partial charge is 0.231 e. The average molecular weight is 249 g/mol. The lowest BCUT2D eigenvalue weighted by Gasteiger charge is -2.09. The van der Waals surface area contributed by atoms with Crippen LogP contribution in [0.2, 0.25) is 0 Å². The summed E-state index contributed by atoms with van der Waals surface area (Å²) in [6.45, 7) is 2.02. The number of carbonyl (C=O) groups excluding carboxylic acids is 2. The Hall–Kier alpha value is -1.88. The molecule has 1 atom stereocenters. The van der Waals surface area contributed by atoms with Gasteiger partial charge in [-0.15, -0.1) is 0 Å². The molecule has 0 radical (unpaired) electrons. The first-order valence-electron chi connectivity index (χ1n) is 5.85. The topological polar surface area (TPSA) is 78.6 Å². The molecule has 0 bridgehead atoms. The molecule has 1 aliphatic heterocycles. The van der Waals surface area contributed by atoms with Gasteiger partial charge in [-0.3, -0.25) is 9.59 Å². The molecule has 2 N–H and O–H groups in total. The van der Waals surface area contributed by atoms with E-state index >= 15 is 0 Å². The second-order valence-electron chi connectivity index (χ2n) is 4.13. The Labute approximate surface area is 105 Å². The van der Waals surface area contributed by atoms with Crippen LogP contribution in [0.4, 0.5) is 0 Å². The van der Waals surface area contributed by atoms with Crippen LogP contribution in [0.25, 0.3) is 0 Å². The monoisotopic (exact) mass is 249 g/mol. The van der Waals surface area contributed by atoms with Gasteiger partial charge < -0.3 is 15.2 Å². The van der Waals surface area contributed by atoms with E-state index in [2.05, 4.69) is 0 Å². The SMILES string of the molecule is CCCC(=O)C(N)C(=O)c1ccc2c(c1)OCO2. The third-order valence-corrected chi connectivity index (χ3v) is 2.78. The van der Waals surface area contributed by atoms with Gasteiger partial charge in [0, 0.05) is 12.0 Å². The van der Waals surface area contributed by atoms with Crippen molar-refractivity contribution in [1.82, 2.24) is 0 Å². The summed E-state index contributed by atoms with van der Waals surface area (Å²) in [5.74, 6) is 0.489. The second-order valence-corrected chi connectivity index (χ2v) is 4.13. The first-order valence-corrected chi connectivity index (χ1v) is 5.85. The Morgan fingerprint density at radius 3 is 2.78 bits per heavy atom. The highest BCUT2D eigenvalue weighted by molar-refractivity contribution is 6.14. The minimum atomic E-state index is -1.09. The van der Waals surface area contributed by atoms with Crippen molar-refractivity contribution >= 4 is 11.6 Å². The number of hydrogen-bond acceptors (Lipinski definition) is 5. The largest absolute Gasteiger partial charge is 0.454 e. The van der Waals surface area contributed by atoms with Crippen LogP contribution in [0.3, 0.4) is 0 Å². The van der Waals surface area contributed by atoms with Crippen molar-refractivity contribution in [3.05, 3.63) is 23.8 Å². The van der Waals surface area contributed by atoms with Crippen molar-refractivity contribution in [2.45, 2.75) is 25.8 Å². The van der Waals surface area contributed by atoms with Crippen LogP contribution in [-0.4, -0.2) is 24.4 Å². The number of carbonyl (C=O) groups is 2. The first-order chi connectivity index (χ1) is 8.63. The molecule has 96 valence electrons. The first kappa shape index (κ1) is 12.6. The van der Waals surface area contributed by atoms with Gasteiger partial charge in [0.25, 0.3) is 0 Å². The van der Waals surface area contributed by atoms with E-state index in [9.17, 15) is 9.59 Å². The summed E-state index contributed by atoms with van der Waals surface area (Å²) in [4.78, 5) is 23.6. The molecule has 2 rings (SSSR count). The number of fused-ring (bicyclic) bond motifs is 1. The number of ketones is 2. The molecule has 5 nitrogen and oxygen atoms in total. The van der Waals surface area contributed by atoms with Crippen molar-refractivity contribution in [3.8, 4) is 11.5 Å². The second kappa shape index (κ2) is 5.18. The summed E-state index contributed by atoms with van der Waals surface area (Å²) in [6.07, 6.45) is 0.998. The van der Waals surface area contributed by atoms with Gasteiger partial charge in [-0.25, -0.2) is 0 Å². The van der Waals surface area contributed by atoms with Crippen LogP contribution >= 0.6 is 0 Å². The molecule has 0 fully saturated rings. The molecule has 1 aromatic carbocycles. The quantitative estimate of drug-likeness (QED) is 0.628. The van der Waals surface area contributed by atoms with E-state index < -0.39 is 6.04 Å². The molecule has 1 aliphatic rings. The van der Waals surface area contributed by atoms with Gasteiger partial charge in [-0.1, -0.05) is 6.92 Å². The Kier molecular flexibility index (Phi) is 3.62. The van der Waals surface area contributed by atoms with Crippen molar-refractivity contribution < 1.29 is 19.1 Å². The number of benzene rings is 1. The highest BCUT2D eigenvalue weighted by Gasteiger charge is 2.24. The fourth-order valence-electron chi connectivity index (χ4n) is 1.78. The van der Waals surface area contributed by atoms with Crippen LogP contribution in [0, 0.1) is 0 Å². The van der Waals surface area contributed by atoms with Crippen molar-refractivity contribution in [3.63, 3.8) is 0 Å². The summed E-state index contributed by atoms with van der Waals surface area (Å²) >= 11 is 0. The van der Waals surface area contributed by atoms with Gasteiger partial charge in [0.2, 0.25) is 6.79 Å². The van der Waals surface area contributed by atoms with Crippen LogP contribution in [-0.2, 0) is 4.79 Å². The Bertz CT molecular complexity index is 484. The minimum absolute atomic E-state index is 0.147. The van der Waals surface area contributed by atoms with Crippen molar-refractivity contribution in [2.75, 3.05) is 6.79 Å². The summed E-state index contributed by atoms with van der Waals surface area (Å²) in [5, 5.41) is 0. The van der Waals surface area contributed by atoms with Crippen LogP contribution in [0.15, 0.2) is 18.2 Å². The molecule has 0 saturated carbocycles. The Balaban J connectivity index is 2.16. The fraction of sp³-hybridized carbons (Fsp3) is 0.385. The minimum Gasteiger partial charge on any atom is -0.454 e. The van der Waals surface area contributed by atoms with Gasteiger partial charge in [0.05, 0.1) is 0 Å². The molecule has 1 aromatic rings. The normalized spacial score (nSPS) is 14.3. The average Bonchev–Trinajstić information content (AvgIpc) is 2.84. The molecule has 0 saturated heterocycles. The molecule has 0 amide bonds. The lowest BCUT2D eigenvalue weighted by atomic mass is 9.99. The van der Waals surface area contributed by atoms with E-state index in [0.717, 1.165) is 0 Å². The molecular weight excluding hydrogens is 234 g/mol. The number of ether oxygens (including phenoxy) is 2. The third kappa shape index (κ3) is 2.36. The fourth-order valence-corrected chi connectivity index (χ4v) is 1.78. The standard InChI is InChI=1S/C13H15NO4/c1-2-3-9(15)12(14)13(16)8-4-5-10-11(6-8)18-7-17-10/h4-6,12H,2-3,7,14H2,1H3. The zero-order chi connectivity index (χ0) is 13.1. The van der Waals surface area contributed by atoms with Gasteiger partial charge >= 0.3 is 0 Å². The zero-order valence-electron chi connectivity index (χ0n) is 10.1. The van der Waals surface area contributed by atoms with E-state index in [0.29, 0.717) is 29.9 Å². The van der Waals surface area contributed by atoms with Crippen molar-refractivity contribution in [1.29, 1.82) is 0 Å². The van der Waals surface area contributed by atoms with Crippen molar-refractivity contribution in [2.24, 2.45) is 5.73 Å². The predicted molar refractivity (Wildman–Crippen MR) is 64.8 cm³/mol. The maximum Gasteiger partial charge on any atom is 0.231 e. The number of rotatable bonds is 5. The molecule has 0 aromatic heterocycles. The van der Waals surface area contributed by atoms with Crippen LogP contribution in [0.5, 0.6) is 11.5 Å². The lowest BCUT2D eigenvalue weighted by Crippen LogP contribution is -2.38. The van der Waals surface area contributed by atoms with Gasteiger partial charge in [-0.2, -0.15) is 0 Å². The summed E-state index contributed by atoms with van der Waals surface area (Å²) < 4.78 is 10.3. The lowest BCUT2D eigenvalue weighted by molar-refractivity contribution is -0.119. The van der Waals surface area contributed by atoms with E-state index in [1.165, 1.54) is 0 Å². The maximum atomic E-state index is 12.0. The molecule has 1 unspecified atom stereocenters. The summed E-state index contributed by atoms with van der Waals surface area (Å²) in [6, 6.07) is 3.70. The molecular formula is C13H15NO4. The third-order valence-electron chi connectivity index (χ3n) is 2.78. The van der Waals surface area contributed by atoms with E-state index in [1.54, 1.807) is 18.2 Å². The highest BCUT2D eigenvalue weighted by Crippen LogP contribution is 2.32. The van der Waals surface area contributed by atoms with E-state index in [-0.39, 0.29) is 18.4 Å². The zero-order valence-corrected chi connectivity index (χ0v) is 10.1. The Morgan fingerprint density at radius 1 is 1.33 bits per heavy atom. The highest BCUT2D eigenvalue weighted by atomic mass is 16.7. The predicted octanol–water partition coefficient (Wildman–Crippen LogP) is 1.29. The molecule has 0 aliphatic carbocycles. The van der Waals surface area contributed by atoms with E-state index in [1.807, 2.05) is 6.92 Å². The number of hydrogen-bond donors (Lipinski definition) is 1. The van der Waals surface area contributed by atoms with Gasteiger partial charge in [-0.05, 0) is 24.6 Å². The van der Waals surface area contributed by atoms with E-state index in [4.69, 9.17) is 15.2 Å². The summed E-state index contributed by atoms with van der Waals surface area (Å²) in [5.41, 5.74) is 6.02. The van der Waals surface area contributed by atoms with Gasteiger partial charge in [0.1, 0.15) is 6.04 Å². The number of nitrogens with two attached hydrogens (primary N) is 1. The van der Waals surface area contributed by atoms with Crippen LogP contribution < -0.4 is 15.2 Å². The molecule has 5 heteroatoms. The number of Topliss-reactive ketones (excluding diaryl/α,β-unsaturated/α-hetero) is 2. The molecule has 0 spiro atoms. The Morgan fingerprint density at radius 2 is 2.06 bits per heavy atom. The molecule has 18 heavy (non-hydrogen) atoms. The maximum absolute atomic E-state index is 12.0.